The summed E-state index contributed by atoms with van der Waals surface area (Å²) < 4.78 is 1.05. The number of rotatable bonds is 4. The lowest BCUT2D eigenvalue weighted by Crippen LogP contribution is -2.19. The van der Waals surface area contributed by atoms with Gasteiger partial charge in [0.15, 0.2) is 0 Å². The van der Waals surface area contributed by atoms with Crippen LogP contribution < -0.4 is 16.4 Å². The molecule has 0 saturated heterocycles. The van der Waals surface area contributed by atoms with E-state index >= 15 is 0 Å². The van der Waals surface area contributed by atoms with Gasteiger partial charge in [-0.2, -0.15) is 0 Å². The molecule has 1 amide bonds. The Morgan fingerprint density at radius 1 is 1.20 bits per heavy atom. The largest absolute Gasteiger partial charge is 0.398 e. The Labute approximate surface area is 126 Å². The molecule has 0 bridgehead atoms. The SMILES string of the molecule is CN(Cc1ccc(Br)cc1)c1ccc(N)c(C(N)=O)c1. The van der Waals surface area contributed by atoms with Crippen molar-refractivity contribution in [2.75, 3.05) is 17.7 Å². The standard InChI is InChI=1S/C15H16BrN3O/c1-19(9-10-2-4-11(16)5-3-10)12-6-7-14(17)13(8-12)15(18)20/h2-8H,9,17H2,1H3,(H2,18,20). The Hall–Kier alpha value is -2.01. The molecule has 4 N–H and O–H groups in total. The minimum absolute atomic E-state index is 0.352. The molecule has 0 aliphatic heterocycles. The fourth-order valence-electron chi connectivity index (χ4n) is 1.95. The third-order valence-electron chi connectivity index (χ3n) is 3.08. The quantitative estimate of drug-likeness (QED) is 0.845. The van der Waals surface area contributed by atoms with Crippen molar-refractivity contribution in [2.24, 2.45) is 5.73 Å². The average Bonchev–Trinajstić information content (AvgIpc) is 2.41. The van der Waals surface area contributed by atoms with Gasteiger partial charge in [0.1, 0.15) is 0 Å². The van der Waals surface area contributed by atoms with Crippen LogP contribution in [0, 0.1) is 0 Å². The first-order chi connectivity index (χ1) is 9.47. The Morgan fingerprint density at radius 3 is 2.45 bits per heavy atom. The lowest BCUT2D eigenvalue weighted by molar-refractivity contribution is 0.100. The van der Waals surface area contributed by atoms with Crippen LogP contribution in [0.4, 0.5) is 11.4 Å². The first-order valence-electron chi connectivity index (χ1n) is 6.12. The summed E-state index contributed by atoms with van der Waals surface area (Å²) in [7, 11) is 1.96. The van der Waals surface area contributed by atoms with Crippen LogP contribution >= 0.6 is 15.9 Å². The molecule has 20 heavy (non-hydrogen) atoms. The molecule has 5 heteroatoms. The second kappa shape index (κ2) is 5.96. The number of amides is 1. The molecule has 0 heterocycles. The van der Waals surface area contributed by atoms with E-state index in [1.165, 1.54) is 5.56 Å². The molecule has 0 fully saturated rings. The molecule has 2 aromatic rings. The molecule has 0 aliphatic carbocycles. The van der Waals surface area contributed by atoms with E-state index in [1.807, 2.05) is 42.3 Å². The molecule has 0 saturated carbocycles. The number of nitrogen functional groups attached to an aromatic ring is 1. The van der Waals surface area contributed by atoms with Crippen LogP contribution in [0.1, 0.15) is 15.9 Å². The van der Waals surface area contributed by atoms with Crippen LogP contribution in [0.3, 0.4) is 0 Å². The second-order valence-corrected chi connectivity index (χ2v) is 5.53. The topological polar surface area (TPSA) is 72.3 Å². The molecule has 0 atom stereocenters. The zero-order valence-electron chi connectivity index (χ0n) is 11.1. The van der Waals surface area contributed by atoms with Crippen molar-refractivity contribution in [3.8, 4) is 0 Å². The Kier molecular flexibility index (Phi) is 4.29. The van der Waals surface area contributed by atoms with Crippen LogP contribution in [0.25, 0.3) is 0 Å². The summed E-state index contributed by atoms with van der Waals surface area (Å²) in [6.07, 6.45) is 0. The summed E-state index contributed by atoms with van der Waals surface area (Å²) in [5.41, 5.74) is 13.9. The number of primary amides is 1. The van der Waals surface area contributed by atoms with E-state index in [9.17, 15) is 4.79 Å². The normalized spacial score (nSPS) is 10.3. The molecule has 0 radical (unpaired) electrons. The van der Waals surface area contributed by atoms with Crippen molar-refractivity contribution in [3.05, 3.63) is 58.1 Å². The summed E-state index contributed by atoms with van der Waals surface area (Å²) in [6, 6.07) is 13.4. The van der Waals surface area contributed by atoms with Gasteiger partial charge in [0.2, 0.25) is 0 Å². The van der Waals surface area contributed by atoms with E-state index in [4.69, 9.17) is 11.5 Å². The summed E-state index contributed by atoms with van der Waals surface area (Å²) in [4.78, 5) is 13.3. The van der Waals surface area contributed by atoms with Crippen molar-refractivity contribution in [1.29, 1.82) is 0 Å². The highest BCUT2D eigenvalue weighted by molar-refractivity contribution is 9.10. The predicted molar refractivity (Wildman–Crippen MR) is 85.6 cm³/mol. The molecule has 2 aromatic carbocycles. The summed E-state index contributed by atoms with van der Waals surface area (Å²) in [5, 5.41) is 0. The van der Waals surface area contributed by atoms with Gasteiger partial charge in [0.25, 0.3) is 5.91 Å². The van der Waals surface area contributed by atoms with Crippen LogP contribution in [0.15, 0.2) is 46.9 Å². The van der Waals surface area contributed by atoms with Crippen molar-refractivity contribution in [1.82, 2.24) is 0 Å². The van der Waals surface area contributed by atoms with E-state index in [1.54, 1.807) is 12.1 Å². The number of halogens is 1. The number of hydrogen-bond acceptors (Lipinski definition) is 3. The molecule has 0 aromatic heterocycles. The fourth-order valence-corrected chi connectivity index (χ4v) is 2.21. The summed E-state index contributed by atoms with van der Waals surface area (Å²) in [6.45, 7) is 0.732. The zero-order chi connectivity index (χ0) is 14.7. The van der Waals surface area contributed by atoms with Gasteiger partial charge in [-0.05, 0) is 35.9 Å². The fraction of sp³-hybridized carbons (Fsp3) is 0.133. The van der Waals surface area contributed by atoms with E-state index < -0.39 is 5.91 Å². The molecule has 0 spiro atoms. The van der Waals surface area contributed by atoms with Crippen LogP contribution in [0.2, 0.25) is 0 Å². The van der Waals surface area contributed by atoms with E-state index in [0.717, 1.165) is 16.7 Å². The van der Waals surface area contributed by atoms with Crippen LogP contribution in [-0.2, 0) is 6.54 Å². The van der Waals surface area contributed by atoms with E-state index in [-0.39, 0.29) is 0 Å². The number of nitrogens with two attached hydrogens (primary N) is 2. The van der Waals surface area contributed by atoms with Gasteiger partial charge in [-0.1, -0.05) is 28.1 Å². The molecule has 104 valence electrons. The number of hydrogen-bond donors (Lipinski definition) is 2. The molecule has 2 rings (SSSR count). The third-order valence-corrected chi connectivity index (χ3v) is 3.60. The maximum atomic E-state index is 11.3. The van der Waals surface area contributed by atoms with Gasteiger partial charge in [-0.25, -0.2) is 0 Å². The van der Waals surface area contributed by atoms with Crippen molar-refractivity contribution >= 4 is 33.2 Å². The first kappa shape index (κ1) is 14.4. The maximum absolute atomic E-state index is 11.3. The molecule has 0 unspecified atom stereocenters. The van der Waals surface area contributed by atoms with Gasteiger partial charge in [-0.15, -0.1) is 0 Å². The highest BCUT2D eigenvalue weighted by Gasteiger charge is 2.09. The van der Waals surface area contributed by atoms with E-state index in [0.29, 0.717) is 11.3 Å². The van der Waals surface area contributed by atoms with Crippen LogP contribution in [-0.4, -0.2) is 13.0 Å². The van der Waals surface area contributed by atoms with Gasteiger partial charge in [-0.3, -0.25) is 4.79 Å². The Bertz CT molecular complexity index is 626. The molecular weight excluding hydrogens is 318 g/mol. The maximum Gasteiger partial charge on any atom is 0.250 e. The summed E-state index contributed by atoms with van der Waals surface area (Å²) in [5.74, 6) is -0.513. The zero-order valence-corrected chi connectivity index (χ0v) is 12.7. The molecule has 0 aliphatic rings. The number of benzene rings is 2. The van der Waals surface area contributed by atoms with E-state index in [2.05, 4.69) is 15.9 Å². The monoisotopic (exact) mass is 333 g/mol. The van der Waals surface area contributed by atoms with Crippen molar-refractivity contribution in [2.45, 2.75) is 6.54 Å². The summed E-state index contributed by atoms with van der Waals surface area (Å²) >= 11 is 3.41. The minimum atomic E-state index is -0.513. The van der Waals surface area contributed by atoms with Crippen molar-refractivity contribution < 1.29 is 4.79 Å². The predicted octanol–water partition coefficient (Wildman–Crippen LogP) is 2.77. The number of nitrogens with zero attached hydrogens (tertiary/aromatic N) is 1. The number of carbonyl (C=O) groups is 1. The van der Waals surface area contributed by atoms with Gasteiger partial charge >= 0.3 is 0 Å². The van der Waals surface area contributed by atoms with Gasteiger partial charge < -0.3 is 16.4 Å². The molecule has 4 nitrogen and oxygen atoms in total. The Morgan fingerprint density at radius 2 is 1.85 bits per heavy atom. The highest BCUT2D eigenvalue weighted by Crippen LogP contribution is 2.22. The average molecular weight is 334 g/mol. The van der Waals surface area contributed by atoms with Gasteiger partial charge in [0, 0.05) is 29.4 Å². The minimum Gasteiger partial charge on any atom is -0.398 e. The van der Waals surface area contributed by atoms with Crippen molar-refractivity contribution in [3.63, 3.8) is 0 Å². The highest BCUT2D eigenvalue weighted by atomic mass is 79.9. The Balaban J connectivity index is 2.20. The third kappa shape index (κ3) is 3.30. The number of carbonyl (C=O) groups excluding carboxylic acids is 1. The second-order valence-electron chi connectivity index (χ2n) is 4.62. The lowest BCUT2D eigenvalue weighted by atomic mass is 10.1. The molecular formula is C15H16BrN3O. The number of anilines is 2. The smallest absolute Gasteiger partial charge is 0.250 e. The van der Waals surface area contributed by atoms with Crippen LogP contribution in [0.5, 0.6) is 0 Å². The first-order valence-corrected chi connectivity index (χ1v) is 6.91. The lowest BCUT2D eigenvalue weighted by Gasteiger charge is -2.20. The van der Waals surface area contributed by atoms with Gasteiger partial charge in [0.05, 0.1) is 5.56 Å².